The van der Waals surface area contributed by atoms with Gasteiger partial charge in [-0.05, 0) is 12.8 Å². The van der Waals surface area contributed by atoms with E-state index in [1.807, 2.05) is 0 Å². The summed E-state index contributed by atoms with van der Waals surface area (Å²) in [6, 6.07) is 0. The molecule has 1 aromatic rings. The Morgan fingerprint density at radius 3 is 2.50 bits per heavy atom. The van der Waals surface area contributed by atoms with Crippen LogP contribution in [-0.4, -0.2) is 15.5 Å². The second-order valence-corrected chi connectivity index (χ2v) is 4.76. The van der Waals surface area contributed by atoms with Crippen molar-refractivity contribution in [1.82, 2.24) is 9.55 Å². The van der Waals surface area contributed by atoms with Crippen molar-refractivity contribution >= 4 is 5.91 Å². The van der Waals surface area contributed by atoms with Crippen LogP contribution in [0.4, 0.5) is 0 Å². The highest BCUT2D eigenvalue weighted by Crippen LogP contribution is 2.10. The number of rotatable bonds is 9. The van der Waals surface area contributed by atoms with Crippen LogP contribution in [0.5, 0.6) is 0 Å². The van der Waals surface area contributed by atoms with Gasteiger partial charge in [0.15, 0.2) is 0 Å². The van der Waals surface area contributed by atoms with Crippen LogP contribution < -0.4 is 5.73 Å². The van der Waals surface area contributed by atoms with Crippen molar-refractivity contribution in [1.29, 1.82) is 0 Å². The van der Waals surface area contributed by atoms with Crippen molar-refractivity contribution < 1.29 is 4.79 Å². The summed E-state index contributed by atoms with van der Waals surface area (Å²) in [7, 11) is 0. The molecule has 4 heteroatoms. The first kappa shape index (κ1) is 14.7. The molecule has 0 aliphatic heterocycles. The molecule has 18 heavy (non-hydrogen) atoms. The summed E-state index contributed by atoms with van der Waals surface area (Å²) in [5.41, 5.74) is 5.69. The Kier molecular flexibility index (Phi) is 6.47. The van der Waals surface area contributed by atoms with Gasteiger partial charge in [-0.3, -0.25) is 4.79 Å². The molecule has 0 aliphatic carbocycles. The Hall–Kier alpha value is -1.32. The fourth-order valence-electron chi connectivity index (χ4n) is 2.03. The normalized spacial score (nSPS) is 10.8. The predicted molar refractivity (Wildman–Crippen MR) is 73.5 cm³/mol. The Bertz CT molecular complexity index is 344. The molecule has 0 aromatic carbocycles. The lowest BCUT2D eigenvalue weighted by Crippen LogP contribution is -2.11. The maximum Gasteiger partial charge on any atom is 0.268 e. The van der Waals surface area contributed by atoms with Crippen molar-refractivity contribution in [3.63, 3.8) is 0 Å². The van der Waals surface area contributed by atoms with Crippen LogP contribution in [0.15, 0.2) is 6.20 Å². The number of carbonyl (C=O) groups is 1. The number of nitrogens with two attached hydrogens (primary N) is 1. The van der Waals surface area contributed by atoms with Gasteiger partial charge in [0, 0.05) is 19.2 Å². The van der Waals surface area contributed by atoms with Crippen LogP contribution in [0, 0.1) is 0 Å². The lowest BCUT2D eigenvalue weighted by molar-refractivity contribution is 0.0996. The van der Waals surface area contributed by atoms with Crippen LogP contribution in [0.25, 0.3) is 0 Å². The molecular weight excluding hydrogens is 226 g/mol. The van der Waals surface area contributed by atoms with Crippen molar-refractivity contribution in [2.45, 2.75) is 65.3 Å². The second kappa shape index (κ2) is 7.90. The van der Waals surface area contributed by atoms with Gasteiger partial charge in [-0.15, -0.1) is 0 Å². The molecule has 0 saturated carbocycles. The number of primary amides is 1. The van der Waals surface area contributed by atoms with Crippen LogP contribution in [0.2, 0.25) is 0 Å². The summed E-state index contributed by atoms with van der Waals surface area (Å²) in [5.74, 6) is 0.578. The number of unbranched alkanes of at least 4 members (excludes halogenated alkanes) is 4. The largest absolute Gasteiger partial charge is 0.364 e. The average Bonchev–Trinajstić information content (AvgIpc) is 2.74. The van der Waals surface area contributed by atoms with Gasteiger partial charge in [0.25, 0.3) is 5.91 Å². The molecule has 2 N–H and O–H groups in total. The summed E-state index contributed by atoms with van der Waals surface area (Å²) in [4.78, 5) is 15.5. The highest BCUT2D eigenvalue weighted by Gasteiger charge is 2.11. The molecule has 0 fully saturated rings. The van der Waals surface area contributed by atoms with E-state index in [-0.39, 0.29) is 0 Å². The fourth-order valence-corrected chi connectivity index (χ4v) is 2.03. The SMILES string of the molecule is CCCCCc1nc(C(N)=O)cn1CCCCC. The topological polar surface area (TPSA) is 60.9 Å². The van der Waals surface area contributed by atoms with Gasteiger partial charge >= 0.3 is 0 Å². The second-order valence-electron chi connectivity index (χ2n) is 4.76. The number of aryl methyl sites for hydroxylation is 2. The molecule has 102 valence electrons. The monoisotopic (exact) mass is 251 g/mol. The van der Waals surface area contributed by atoms with Gasteiger partial charge in [0.1, 0.15) is 11.5 Å². The molecule has 4 nitrogen and oxygen atoms in total. The number of aromatic nitrogens is 2. The molecule has 0 bridgehead atoms. The first-order valence-electron chi connectivity index (χ1n) is 7.04. The van der Waals surface area contributed by atoms with Gasteiger partial charge in [0.05, 0.1) is 0 Å². The first-order chi connectivity index (χ1) is 8.69. The van der Waals surface area contributed by atoms with E-state index in [0.29, 0.717) is 5.69 Å². The summed E-state index contributed by atoms with van der Waals surface area (Å²) < 4.78 is 2.10. The minimum absolute atomic E-state index is 0.401. The minimum atomic E-state index is -0.430. The summed E-state index contributed by atoms with van der Waals surface area (Å²) in [6.07, 6.45) is 9.80. The van der Waals surface area contributed by atoms with Gasteiger partial charge in [-0.25, -0.2) is 4.98 Å². The molecule has 0 atom stereocenters. The van der Waals surface area contributed by atoms with E-state index in [4.69, 9.17) is 5.73 Å². The summed E-state index contributed by atoms with van der Waals surface area (Å²) in [5, 5.41) is 0. The number of hydrogen-bond acceptors (Lipinski definition) is 2. The Labute approximate surface area is 110 Å². The van der Waals surface area contributed by atoms with Crippen LogP contribution in [-0.2, 0) is 13.0 Å². The molecule has 1 aromatic heterocycles. The van der Waals surface area contributed by atoms with Gasteiger partial charge in [0.2, 0.25) is 0 Å². The smallest absolute Gasteiger partial charge is 0.268 e. The summed E-state index contributed by atoms with van der Waals surface area (Å²) >= 11 is 0. The number of nitrogens with zero attached hydrogens (tertiary/aromatic N) is 2. The molecule has 1 amide bonds. The number of imidazole rings is 1. The zero-order chi connectivity index (χ0) is 13.4. The van der Waals surface area contributed by atoms with Crippen LogP contribution >= 0.6 is 0 Å². The van der Waals surface area contributed by atoms with E-state index in [9.17, 15) is 4.79 Å². The highest BCUT2D eigenvalue weighted by atomic mass is 16.1. The quantitative estimate of drug-likeness (QED) is 0.686. The third-order valence-corrected chi connectivity index (χ3v) is 3.12. The zero-order valence-electron chi connectivity index (χ0n) is 11.6. The predicted octanol–water partition coefficient (Wildman–Crippen LogP) is 2.90. The molecule has 0 saturated heterocycles. The molecule has 0 spiro atoms. The first-order valence-corrected chi connectivity index (χ1v) is 7.04. The van der Waals surface area contributed by atoms with Gasteiger partial charge in [-0.1, -0.05) is 39.5 Å². The van der Waals surface area contributed by atoms with Gasteiger partial charge < -0.3 is 10.3 Å². The van der Waals surface area contributed by atoms with Crippen LogP contribution in [0.1, 0.15) is 68.7 Å². The number of carbonyl (C=O) groups excluding carboxylic acids is 1. The van der Waals surface area contributed by atoms with E-state index < -0.39 is 5.91 Å². The maximum absolute atomic E-state index is 11.2. The van der Waals surface area contributed by atoms with Crippen LogP contribution in [0.3, 0.4) is 0 Å². The lowest BCUT2D eigenvalue weighted by Gasteiger charge is -2.06. The Balaban J connectivity index is 2.67. The Morgan fingerprint density at radius 2 is 1.89 bits per heavy atom. The minimum Gasteiger partial charge on any atom is -0.364 e. The average molecular weight is 251 g/mol. The maximum atomic E-state index is 11.2. The number of hydrogen-bond donors (Lipinski definition) is 1. The van der Waals surface area contributed by atoms with E-state index in [2.05, 4.69) is 23.4 Å². The van der Waals surface area contributed by atoms with Crippen molar-refractivity contribution in [2.75, 3.05) is 0 Å². The van der Waals surface area contributed by atoms with E-state index in [1.54, 1.807) is 6.20 Å². The fraction of sp³-hybridized carbons (Fsp3) is 0.714. The van der Waals surface area contributed by atoms with E-state index >= 15 is 0 Å². The molecule has 0 unspecified atom stereocenters. The van der Waals surface area contributed by atoms with Crippen molar-refractivity contribution in [3.8, 4) is 0 Å². The van der Waals surface area contributed by atoms with Crippen molar-refractivity contribution in [3.05, 3.63) is 17.7 Å². The van der Waals surface area contributed by atoms with Crippen molar-refractivity contribution in [2.24, 2.45) is 5.73 Å². The van der Waals surface area contributed by atoms with E-state index in [0.717, 1.165) is 31.6 Å². The molecule has 1 rings (SSSR count). The molecule has 0 aliphatic rings. The molecule has 0 radical (unpaired) electrons. The standard InChI is InChI=1S/C14H25N3O/c1-3-5-7-9-13-16-12(14(15)18)11-17(13)10-8-6-4-2/h11H,3-10H2,1-2H3,(H2,15,18). The highest BCUT2D eigenvalue weighted by molar-refractivity contribution is 5.90. The third-order valence-electron chi connectivity index (χ3n) is 3.12. The van der Waals surface area contributed by atoms with E-state index in [1.165, 1.54) is 25.7 Å². The number of amides is 1. The molecule has 1 heterocycles. The Morgan fingerprint density at radius 1 is 1.22 bits per heavy atom. The zero-order valence-corrected chi connectivity index (χ0v) is 11.6. The lowest BCUT2D eigenvalue weighted by atomic mass is 10.2. The molecular formula is C14H25N3O. The third kappa shape index (κ3) is 4.51. The summed E-state index contributed by atoms with van der Waals surface area (Å²) in [6.45, 7) is 5.31. The van der Waals surface area contributed by atoms with Gasteiger partial charge in [-0.2, -0.15) is 0 Å².